The van der Waals surface area contributed by atoms with Gasteiger partial charge in [0.15, 0.2) is 6.61 Å². The molecule has 0 aliphatic heterocycles. The van der Waals surface area contributed by atoms with Gasteiger partial charge in [0.2, 0.25) is 0 Å². The van der Waals surface area contributed by atoms with Gasteiger partial charge in [-0.2, -0.15) is 0 Å². The van der Waals surface area contributed by atoms with E-state index in [4.69, 9.17) is 9.47 Å². The van der Waals surface area contributed by atoms with Crippen molar-refractivity contribution in [2.45, 2.75) is 19.8 Å². The third-order valence-electron chi connectivity index (χ3n) is 3.34. The summed E-state index contributed by atoms with van der Waals surface area (Å²) in [5.74, 6) is -0.0259. The Bertz CT molecular complexity index is 733. The third-order valence-corrected chi connectivity index (χ3v) is 3.84. The van der Waals surface area contributed by atoms with Crippen LogP contribution in [-0.4, -0.2) is 25.1 Å². The van der Waals surface area contributed by atoms with Gasteiger partial charge in [0.1, 0.15) is 5.75 Å². The Labute approximate surface area is 155 Å². The number of halogens is 1. The molecule has 0 unspecified atom stereocenters. The van der Waals surface area contributed by atoms with Crippen molar-refractivity contribution in [2.75, 3.05) is 18.5 Å². The average Bonchev–Trinajstić information content (AvgIpc) is 2.59. The summed E-state index contributed by atoms with van der Waals surface area (Å²) in [5.41, 5.74) is 1.58. The molecule has 0 aromatic heterocycles. The van der Waals surface area contributed by atoms with E-state index in [1.165, 1.54) is 0 Å². The first-order chi connectivity index (χ1) is 12.1. The number of carbonyl (C=O) groups excluding carboxylic acids is 2. The molecule has 1 N–H and O–H groups in total. The minimum atomic E-state index is -0.421. The first-order valence-corrected chi connectivity index (χ1v) is 8.79. The summed E-state index contributed by atoms with van der Waals surface area (Å²) in [6.45, 7) is 2.17. The van der Waals surface area contributed by atoms with Crippen LogP contribution in [0, 0.1) is 0 Å². The molecule has 0 saturated heterocycles. The molecule has 6 heteroatoms. The summed E-state index contributed by atoms with van der Waals surface area (Å²) >= 11 is 3.33. The normalized spacial score (nSPS) is 10.2. The van der Waals surface area contributed by atoms with Crippen LogP contribution in [-0.2, 0) is 20.7 Å². The predicted octanol–water partition coefficient (Wildman–Crippen LogP) is 3.96. The van der Waals surface area contributed by atoms with E-state index in [1.807, 2.05) is 43.3 Å². The maximum atomic E-state index is 11.8. The van der Waals surface area contributed by atoms with Gasteiger partial charge in [-0.3, -0.25) is 9.59 Å². The molecule has 2 aromatic rings. The second-order valence-corrected chi connectivity index (χ2v) is 6.18. The number of para-hydroxylation sites is 1. The molecule has 0 fully saturated rings. The van der Waals surface area contributed by atoms with Gasteiger partial charge in [-0.1, -0.05) is 40.2 Å². The van der Waals surface area contributed by atoms with Crippen molar-refractivity contribution in [3.63, 3.8) is 0 Å². The van der Waals surface area contributed by atoms with E-state index in [-0.39, 0.29) is 18.9 Å². The summed E-state index contributed by atoms with van der Waals surface area (Å²) in [7, 11) is 0. The van der Waals surface area contributed by atoms with Crippen molar-refractivity contribution >= 4 is 33.5 Å². The average molecular weight is 406 g/mol. The number of hydrogen-bond donors (Lipinski definition) is 1. The number of benzene rings is 2. The zero-order valence-corrected chi connectivity index (χ0v) is 15.5. The number of hydrogen-bond acceptors (Lipinski definition) is 4. The number of ether oxygens (including phenoxy) is 2. The van der Waals surface area contributed by atoms with E-state index >= 15 is 0 Å². The lowest BCUT2D eigenvalue weighted by molar-refractivity contribution is -0.147. The van der Waals surface area contributed by atoms with E-state index in [2.05, 4.69) is 21.2 Å². The number of nitrogens with one attached hydrogen (secondary N) is 1. The molecular weight excluding hydrogens is 386 g/mol. The highest BCUT2D eigenvalue weighted by Crippen LogP contribution is 2.19. The summed E-state index contributed by atoms with van der Waals surface area (Å²) in [5, 5.41) is 2.67. The molecule has 0 atom stereocenters. The van der Waals surface area contributed by atoms with Crippen molar-refractivity contribution in [1.82, 2.24) is 0 Å². The summed E-state index contributed by atoms with van der Waals surface area (Å²) in [6, 6.07) is 14.8. The van der Waals surface area contributed by atoms with Gasteiger partial charge in [0, 0.05) is 16.6 Å². The number of carbonyl (C=O) groups is 2. The van der Waals surface area contributed by atoms with Crippen LogP contribution in [0.15, 0.2) is 53.0 Å². The molecule has 25 heavy (non-hydrogen) atoms. The topological polar surface area (TPSA) is 64.6 Å². The fourth-order valence-electron chi connectivity index (χ4n) is 2.22. The molecule has 132 valence electrons. The molecule has 5 nitrogen and oxygen atoms in total. The molecule has 0 bridgehead atoms. The van der Waals surface area contributed by atoms with Crippen molar-refractivity contribution in [3.05, 3.63) is 58.6 Å². The van der Waals surface area contributed by atoms with Crippen LogP contribution in [0.3, 0.4) is 0 Å². The van der Waals surface area contributed by atoms with Crippen LogP contribution < -0.4 is 10.1 Å². The van der Waals surface area contributed by atoms with Gasteiger partial charge in [-0.05, 0) is 43.2 Å². The molecular formula is C19H20BrNO4. The Morgan fingerprint density at radius 2 is 1.92 bits per heavy atom. The van der Waals surface area contributed by atoms with Crippen LogP contribution in [0.5, 0.6) is 5.75 Å². The lowest BCUT2D eigenvalue weighted by Crippen LogP contribution is -2.21. The Morgan fingerprint density at radius 3 is 2.68 bits per heavy atom. The fraction of sp³-hybridized carbons (Fsp3) is 0.263. The van der Waals surface area contributed by atoms with E-state index in [0.29, 0.717) is 18.7 Å². The van der Waals surface area contributed by atoms with E-state index in [1.54, 1.807) is 12.1 Å². The fourth-order valence-corrected chi connectivity index (χ4v) is 2.62. The van der Waals surface area contributed by atoms with Crippen molar-refractivity contribution in [3.8, 4) is 5.75 Å². The summed E-state index contributed by atoms with van der Waals surface area (Å²) < 4.78 is 11.4. The highest BCUT2D eigenvalue weighted by molar-refractivity contribution is 9.10. The van der Waals surface area contributed by atoms with Gasteiger partial charge in [0.05, 0.1) is 6.61 Å². The molecule has 2 rings (SSSR count). The van der Waals surface area contributed by atoms with E-state index in [0.717, 1.165) is 15.8 Å². The zero-order chi connectivity index (χ0) is 18.1. The van der Waals surface area contributed by atoms with Crippen LogP contribution >= 0.6 is 15.9 Å². The van der Waals surface area contributed by atoms with Gasteiger partial charge >= 0.3 is 5.97 Å². The van der Waals surface area contributed by atoms with Crippen LogP contribution in [0.4, 0.5) is 5.69 Å². The Kier molecular flexibility index (Phi) is 7.47. The molecule has 0 heterocycles. The lowest BCUT2D eigenvalue weighted by atomic mass is 10.1. The van der Waals surface area contributed by atoms with Crippen LogP contribution in [0.2, 0.25) is 0 Å². The molecule has 1 amide bonds. The highest BCUT2D eigenvalue weighted by Gasteiger charge is 2.10. The van der Waals surface area contributed by atoms with Crippen LogP contribution in [0.25, 0.3) is 0 Å². The third kappa shape index (κ3) is 6.58. The number of anilines is 1. The SMILES string of the molecule is CCOc1ccccc1CCC(=O)OCC(=O)Nc1cccc(Br)c1. The highest BCUT2D eigenvalue weighted by atomic mass is 79.9. The molecule has 0 spiro atoms. The van der Waals surface area contributed by atoms with Crippen LogP contribution in [0.1, 0.15) is 18.9 Å². The smallest absolute Gasteiger partial charge is 0.306 e. The van der Waals surface area contributed by atoms with Gasteiger partial charge in [-0.15, -0.1) is 0 Å². The largest absolute Gasteiger partial charge is 0.494 e. The molecule has 2 aromatic carbocycles. The van der Waals surface area contributed by atoms with E-state index in [9.17, 15) is 9.59 Å². The molecule has 0 saturated carbocycles. The monoisotopic (exact) mass is 405 g/mol. The predicted molar refractivity (Wildman–Crippen MR) is 99.7 cm³/mol. The molecule has 0 aliphatic carbocycles. The maximum absolute atomic E-state index is 11.8. The Balaban J connectivity index is 1.76. The lowest BCUT2D eigenvalue weighted by Gasteiger charge is -2.10. The number of rotatable bonds is 8. The van der Waals surface area contributed by atoms with Gasteiger partial charge in [0.25, 0.3) is 5.91 Å². The Morgan fingerprint density at radius 1 is 1.12 bits per heavy atom. The van der Waals surface area contributed by atoms with Gasteiger partial charge in [-0.25, -0.2) is 0 Å². The standard InChI is InChI=1S/C19H20BrNO4/c1-2-24-17-9-4-3-6-14(17)10-11-19(23)25-13-18(22)21-16-8-5-7-15(20)12-16/h3-9,12H,2,10-11,13H2,1H3,(H,21,22). The van der Waals surface area contributed by atoms with E-state index < -0.39 is 5.97 Å². The second-order valence-electron chi connectivity index (χ2n) is 5.26. The minimum Gasteiger partial charge on any atom is -0.494 e. The maximum Gasteiger partial charge on any atom is 0.306 e. The van der Waals surface area contributed by atoms with Crippen molar-refractivity contribution in [1.29, 1.82) is 0 Å². The quantitative estimate of drug-likeness (QED) is 0.674. The first kappa shape index (κ1) is 19.0. The summed E-state index contributed by atoms with van der Waals surface area (Å²) in [6.07, 6.45) is 0.691. The van der Waals surface area contributed by atoms with Crippen molar-refractivity contribution in [2.24, 2.45) is 0 Å². The zero-order valence-electron chi connectivity index (χ0n) is 14.0. The summed E-state index contributed by atoms with van der Waals surface area (Å²) in [4.78, 5) is 23.7. The van der Waals surface area contributed by atoms with Gasteiger partial charge < -0.3 is 14.8 Å². The minimum absolute atomic E-state index is 0.189. The Hall–Kier alpha value is -2.34. The molecule has 0 radical (unpaired) electrons. The number of amides is 1. The second kappa shape index (κ2) is 9.84. The number of esters is 1. The molecule has 0 aliphatic rings. The first-order valence-electron chi connectivity index (χ1n) is 8.00. The number of aryl methyl sites for hydroxylation is 1. The van der Waals surface area contributed by atoms with Crippen molar-refractivity contribution < 1.29 is 19.1 Å².